The Kier molecular flexibility index (Phi) is 3.64. The van der Waals surface area contributed by atoms with Gasteiger partial charge in [-0.2, -0.15) is 0 Å². The zero-order valence-electron chi connectivity index (χ0n) is 12.1. The average molecular weight is 258 g/mol. The third-order valence-electron chi connectivity index (χ3n) is 5.18. The summed E-state index contributed by atoms with van der Waals surface area (Å²) in [6, 6.07) is 9.33. The van der Waals surface area contributed by atoms with E-state index in [0.29, 0.717) is 11.5 Å². The fourth-order valence-corrected chi connectivity index (χ4v) is 3.87. The first-order valence-corrected chi connectivity index (χ1v) is 7.72. The highest BCUT2D eigenvalue weighted by Gasteiger charge is 2.37. The van der Waals surface area contributed by atoms with Gasteiger partial charge in [0, 0.05) is 19.1 Å². The van der Waals surface area contributed by atoms with Crippen LogP contribution in [0.1, 0.15) is 43.7 Å². The van der Waals surface area contributed by atoms with Crippen LogP contribution in [-0.4, -0.2) is 24.0 Å². The quantitative estimate of drug-likeness (QED) is 0.883. The van der Waals surface area contributed by atoms with Crippen molar-refractivity contribution >= 4 is 0 Å². The van der Waals surface area contributed by atoms with Crippen molar-refractivity contribution in [2.24, 2.45) is 11.1 Å². The Morgan fingerprint density at radius 3 is 2.79 bits per heavy atom. The largest absolute Gasteiger partial charge is 0.327 e. The van der Waals surface area contributed by atoms with Crippen LogP contribution in [0.5, 0.6) is 0 Å². The molecule has 1 aromatic carbocycles. The molecule has 1 saturated carbocycles. The highest BCUT2D eigenvalue weighted by molar-refractivity contribution is 5.28. The van der Waals surface area contributed by atoms with E-state index in [1.54, 1.807) is 5.56 Å². The zero-order chi connectivity index (χ0) is 13.3. The molecule has 0 radical (unpaired) electrons. The second-order valence-electron chi connectivity index (χ2n) is 6.74. The van der Waals surface area contributed by atoms with Gasteiger partial charge in [0.25, 0.3) is 0 Å². The molecular weight excluding hydrogens is 232 g/mol. The molecule has 2 heteroatoms. The summed E-state index contributed by atoms with van der Waals surface area (Å²) in [6.07, 6.45) is 6.33. The lowest BCUT2D eigenvalue weighted by Gasteiger charge is -2.35. The molecular formula is C17H26N2. The lowest BCUT2D eigenvalue weighted by molar-refractivity contribution is 0.148. The maximum atomic E-state index is 6.34. The van der Waals surface area contributed by atoms with Crippen molar-refractivity contribution in [3.63, 3.8) is 0 Å². The van der Waals surface area contributed by atoms with Crippen molar-refractivity contribution in [2.45, 2.75) is 51.6 Å². The van der Waals surface area contributed by atoms with Gasteiger partial charge in [0.1, 0.15) is 0 Å². The van der Waals surface area contributed by atoms with Gasteiger partial charge in [0.05, 0.1) is 0 Å². The molecule has 1 aromatic rings. The Labute approximate surface area is 117 Å². The lowest BCUT2D eigenvalue weighted by Crippen LogP contribution is -2.44. The Balaban J connectivity index is 1.73. The SMILES string of the molecule is CC1(CN2CCCc3ccccc3C2)CCCC1N. The van der Waals surface area contributed by atoms with Gasteiger partial charge in [-0.1, -0.05) is 37.6 Å². The number of fused-ring (bicyclic) bond motifs is 1. The van der Waals surface area contributed by atoms with E-state index in [2.05, 4.69) is 36.1 Å². The number of benzene rings is 1. The molecule has 0 bridgehead atoms. The van der Waals surface area contributed by atoms with Crippen molar-refractivity contribution in [3.8, 4) is 0 Å². The van der Waals surface area contributed by atoms with Gasteiger partial charge >= 0.3 is 0 Å². The molecule has 19 heavy (non-hydrogen) atoms. The predicted octanol–water partition coefficient (Wildman–Crippen LogP) is 2.95. The molecule has 2 unspecified atom stereocenters. The van der Waals surface area contributed by atoms with Crippen molar-refractivity contribution in [2.75, 3.05) is 13.1 Å². The Bertz CT molecular complexity index is 443. The van der Waals surface area contributed by atoms with E-state index in [0.717, 1.165) is 6.54 Å². The van der Waals surface area contributed by atoms with Crippen LogP contribution in [0.2, 0.25) is 0 Å². The highest BCUT2D eigenvalue weighted by Crippen LogP contribution is 2.38. The topological polar surface area (TPSA) is 29.3 Å². The molecule has 0 aromatic heterocycles. The molecule has 1 fully saturated rings. The lowest BCUT2D eigenvalue weighted by atomic mass is 9.84. The summed E-state index contributed by atoms with van der Waals surface area (Å²) in [6.45, 7) is 5.89. The molecule has 1 heterocycles. The van der Waals surface area contributed by atoms with Gasteiger partial charge in [-0.3, -0.25) is 4.90 Å². The molecule has 0 saturated heterocycles. The molecule has 2 N–H and O–H groups in total. The summed E-state index contributed by atoms with van der Waals surface area (Å²) in [5, 5.41) is 0. The molecule has 3 rings (SSSR count). The van der Waals surface area contributed by atoms with E-state index >= 15 is 0 Å². The minimum Gasteiger partial charge on any atom is -0.327 e. The van der Waals surface area contributed by atoms with Crippen LogP contribution in [-0.2, 0) is 13.0 Å². The van der Waals surface area contributed by atoms with Crippen LogP contribution < -0.4 is 5.73 Å². The third kappa shape index (κ3) is 2.70. The molecule has 1 aliphatic heterocycles. The van der Waals surface area contributed by atoms with Crippen LogP contribution in [0.3, 0.4) is 0 Å². The predicted molar refractivity (Wildman–Crippen MR) is 80.0 cm³/mol. The van der Waals surface area contributed by atoms with Gasteiger partial charge in [-0.15, -0.1) is 0 Å². The van der Waals surface area contributed by atoms with E-state index in [-0.39, 0.29) is 0 Å². The molecule has 2 aliphatic rings. The van der Waals surface area contributed by atoms with E-state index in [4.69, 9.17) is 5.73 Å². The monoisotopic (exact) mass is 258 g/mol. The van der Waals surface area contributed by atoms with Crippen LogP contribution in [0, 0.1) is 5.41 Å². The van der Waals surface area contributed by atoms with Gasteiger partial charge in [-0.25, -0.2) is 0 Å². The average Bonchev–Trinajstić information content (AvgIpc) is 2.62. The van der Waals surface area contributed by atoms with Crippen LogP contribution in [0.25, 0.3) is 0 Å². The van der Waals surface area contributed by atoms with Gasteiger partial charge in [-0.05, 0) is 48.8 Å². The van der Waals surface area contributed by atoms with E-state index < -0.39 is 0 Å². The van der Waals surface area contributed by atoms with Crippen molar-refractivity contribution in [1.29, 1.82) is 0 Å². The second-order valence-corrected chi connectivity index (χ2v) is 6.74. The molecule has 2 atom stereocenters. The highest BCUT2D eigenvalue weighted by atomic mass is 15.1. The zero-order valence-corrected chi connectivity index (χ0v) is 12.1. The standard InChI is InChI=1S/C17H26N2/c1-17(10-4-9-16(17)18)13-19-11-5-8-14-6-2-3-7-15(14)12-19/h2-3,6-7,16H,4-5,8-13,18H2,1H3. The van der Waals surface area contributed by atoms with Gasteiger partial charge in [0.2, 0.25) is 0 Å². The summed E-state index contributed by atoms with van der Waals surface area (Å²) in [5.74, 6) is 0. The summed E-state index contributed by atoms with van der Waals surface area (Å²) < 4.78 is 0. The van der Waals surface area contributed by atoms with E-state index in [1.807, 2.05) is 0 Å². The van der Waals surface area contributed by atoms with E-state index in [9.17, 15) is 0 Å². The van der Waals surface area contributed by atoms with Crippen LogP contribution in [0.15, 0.2) is 24.3 Å². The summed E-state index contributed by atoms with van der Waals surface area (Å²) in [5.41, 5.74) is 9.74. The fourth-order valence-electron chi connectivity index (χ4n) is 3.87. The minimum atomic E-state index is 0.333. The van der Waals surface area contributed by atoms with Crippen LogP contribution in [0.4, 0.5) is 0 Å². The number of nitrogens with zero attached hydrogens (tertiary/aromatic N) is 1. The molecule has 104 valence electrons. The van der Waals surface area contributed by atoms with Crippen molar-refractivity contribution in [1.82, 2.24) is 4.90 Å². The number of aryl methyl sites for hydroxylation is 1. The summed E-state index contributed by atoms with van der Waals surface area (Å²) in [7, 11) is 0. The fraction of sp³-hybridized carbons (Fsp3) is 0.647. The molecule has 0 spiro atoms. The molecule has 2 nitrogen and oxygen atoms in total. The number of nitrogens with two attached hydrogens (primary N) is 1. The van der Waals surface area contributed by atoms with Crippen molar-refractivity contribution in [3.05, 3.63) is 35.4 Å². The normalized spacial score (nSPS) is 32.0. The first kappa shape index (κ1) is 13.1. The summed E-state index contributed by atoms with van der Waals surface area (Å²) >= 11 is 0. The number of hydrogen-bond donors (Lipinski definition) is 1. The number of rotatable bonds is 2. The number of hydrogen-bond acceptors (Lipinski definition) is 2. The van der Waals surface area contributed by atoms with Crippen molar-refractivity contribution < 1.29 is 0 Å². The molecule has 0 amide bonds. The Morgan fingerprint density at radius 1 is 1.26 bits per heavy atom. The first-order valence-electron chi connectivity index (χ1n) is 7.72. The van der Waals surface area contributed by atoms with Crippen LogP contribution >= 0.6 is 0 Å². The Hall–Kier alpha value is -0.860. The Morgan fingerprint density at radius 2 is 2.05 bits per heavy atom. The third-order valence-corrected chi connectivity index (χ3v) is 5.18. The van der Waals surface area contributed by atoms with E-state index in [1.165, 1.54) is 50.8 Å². The maximum Gasteiger partial charge on any atom is 0.0236 e. The first-order chi connectivity index (χ1) is 9.17. The maximum absolute atomic E-state index is 6.34. The smallest absolute Gasteiger partial charge is 0.0236 e. The van der Waals surface area contributed by atoms with Gasteiger partial charge < -0.3 is 5.73 Å². The second kappa shape index (κ2) is 5.26. The van der Waals surface area contributed by atoms with Gasteiger partial charge in [0.15, 0.2) is 0 Å². The minimum absolute atomic E-state index is 0.333. The summed E-state index contributed by atoms with van der Waals surface area (Å²) in [4.78, 5) is 2.64. The molecule has 1 aliphatic carbocycles.